The maximum atomic E-state index is 12.2. The van der Waals surface area contributed by atoms with Gasteiger partial charge in [-0.3, -0.25) is 4.79 Å². The topological polar surface area (TPSA) is 54.3 Å². The van der Waals surface area contributed by atoms with Crippen molar-refractivity contribution in [2.24, 2.45) is 5.92 Å². The Morgan fingerprint density at radius 3 is 2.88 bits per heavy atom. The fraction of sp³-hybridized carbons (Fsp3) is 0.526. The average Bonchev–Trinajstić information content (AvgIpc) is 2.91. The van der Waals surface area contributed by atoms with Gasteiger partial charge in [-0.05, 0) is 75.4 Å². The smallest absolute Gasteiger partial charge is 0.224 e. The van der Waals surface area contributed by atoms with Gasteiger partial charge in [0.05, 0.1) is 12.7 Å². The van der Waals surface area contributed by atoms with Crippen molar-refractivity contribution in [1.82, 2.24) is 10.6 Å². The Bertz CT molecular complexity index is 690. The van der Waals surface area contributed by atoms with Crippen molar-refractivity contribution >= 4 is 29.3 Å². The van der Waals surface area contributed by atoms with Crippen LogP contribution in [0, 0.1) is 19.8 Å². The van der Waals surface area contributed by atoms with Crippen molar-refractivity contribution in [3.8, 4) is 0 Å². The molecule has 1 atom stereocenters. The molecule has 4 nitrogen and oxygen atoms in total. The van der Waals surface area contributed by atoms with Crippen LogP contribution >= 0.6 is 12.4 Å². The first kappa shape index (κ1) is 18.8. The number of hydrogen-bond donors (Lipinski definition) is 2. The molecule has 1 unspecified atom stereocenters. The van der Waals surface area contributed by atoms with E-state index in [0.717, 1.165) is 42.6 Å². The van der Waals surface area contributed by atoms with Gasteiger partial charge in [-0.1, -0.05) is 0 Å². The normalized spacial score (nSPS) is 17.5. The molecule has 1 aliphatic rings. The number of benzene rings is 1. The van der Waals surface area contributed by atoms with Gasteiger partial charge >= 0.3 is 0 Å². The van der Waals surface area contributed by atoms with Crippen LogP contribution in [0.3, 0.4) is 0 Å². The van der Waals surface area contributed by atoms with Gasteiger partial charge < -0.3 is 15.1 Å². The Balaban J connectivity index is 0.00000208. The molecular formula is C19H27ClN2O2. The molecule has 2 aromatic rings. The quantitative estimate of drug-likeness (QED) is 0.867. The highest BCUT2D eigenvalue weighted by atomic mass is 35.5. The molecular weight excluding hydrogens is 324 g/mol. The molecule has 1 amide bonds. The van der Waals surface area contributed by atoms with E-state index in [1.165, 1.54) is 24.0 Å². The number of piperidine rings is 1. The number of carbonyl (C=O) groups excluding carboxylic acids is 1. The molecule has 1 aromatic carbocycles. The number of amides is 1. The summed E-state index contributed by atoms with van der Waals surface area (Å²) in [6.07, 6.45) is 5.68. The molecule has 0 radical (unpaired) electrons. The Hall–Kier alpha value is -1.52. The van der Waals surface area contributed by atoms with Crippen LogP contribution in [0.15, 0.2) is 22.8 Å². The van der Waals surface area contributed by atoms with Crippen molar-refractivity contribution in [3.63, 3.8) is 0 Å². The fourth-order valence-corrected chi connectivity index (χ4v) is 3.29. The predicted octanol–water partition coefficient (Wildman–Crippen LogP) is 3.52. The lowest BCUT2D eigenvalue weighted by Gasteiger charge is -2.22. The molecule has 0 aliphatic carbocycles. The van der Waals surface area contributed by atoms with Crippen molar-refractivity contribution < 1.29 is 9.21 Å². The highest BCUT2D eigenvalue weighted by Gasteiger charge is 2.14. The Morgan fingerprint density at radius 1 is 1.33 bits per heavy atom. The van der Waals surface area contributed by atoms with E-state index in [-0.39, 0.29) is 18.3 Å². The first-order chi connectivity index (χ1) is 11.1. The zero-order valence-corrected chi connectivity index (χ0v) is 15.3. The lowest BCUT2D eigenvalue weighted by molar-refractivity contribution is -0.120. The van der Waals surface area contributed by atoms with Crippen molar-refractivity contribution in [1.29, 1.82) is 0 Å². The zero-order chi connectivity index (χ0) is 16.2. The third-order valence-electron chi connectivity index (χ3n) is 4.89. The average molecular weight is 351 g/mol. The van der Waals surface area contributed by atoms with Crippen LogP contribution in [0.1, 0.15) is 36.0 Å². The first-order valence-electron chi connectivity index (χ1n) is 8.58. The van der Waals surface area contributed by atoms with Gasteiger partial charge in [0, 0.05) is 17.5 Å². The molecule has 0 bridgehead atoms. The summed E-state index contributed by atoms with van der Waals surface area (Å²) in [6, 6.07) is 4.16. The second-order valence-corrected chi connectivity index (χ2v) is 6.72. The van der Waals surface area contributed by atoms with Crippen LogP contribution in [0.4, 0.5) is 0 Å². The molecule has 0 spiro atoms. The fourth-order valence-electron chi connectivity index (χ4n) is 3.29. The van der Waals surface area contributed by atoms with Crippen LogP contribution in [0.2, 0.25) is 0 Å². The molecule has 1 aliphatic heterocycles. The van der Waals surface area contributed by atoms with E-state index >= 15 is 0 Å². The number of furan rings is 1. The second-order valence-electron chi connectivity index (χ2n) is 6.72. The molecule has 132 valence electrons. The van der Waals surface area contributed by atoms with Crippen molar-refractivity contribution in [3.05, 3.63) is 35.1 Å². The third-order valence-corrected chi connectivity index (χ3v) is 4.89. The van der Waals surface area contributed by atoms with E-state index < -0.39 is 0 Å². The largest absolute Gasteiger partial charge is 0.464 e. The van der Waals surface area contributed by atoms with E-state index in [0.29, 0.717) is 12.3 Å². The van der Waals surface area contributed by atoms with Crippen LogP contribution in [-0.4, -0.2) is 25.5 Å². The molecule has 2 heterocycles. The number of halogens is 1. The minimum atomic E-state index is 0. The van der Waals surface area contributed by atoms with E-state index in [9.17, 15) is 4.79 Å². The Kier molecular flexibility index (Phi) is 6.69. The highest BCUT2D eigenvalue weighted by Crippen LogP contribution is 2.25. The number of nitrogens with one attached hydrogen (secondary N) is 2. The summed E-state index contributed by atoms with van der Waals surface area (Å²) in [7, 11) is 0. The monoisotopic (exact) mass is 350 g/mol. The standard InChI is InChI=1S/C19H26N2O2.ClH/c1-13-8-17-16(12-23-18(17)9-14(13)2)10-19(22)21-7-5-15-4-3-6-20-11-15;/h8-9,12,15,20H,3-7,10-11H2,1-2H3,(H,21,22);1H. The Labute approximate surface area is 149 Å². The maximum Gasteiger partial charge on any atom is 0.224 e. The van der Waals surface area contributed by atoms with Crippen LogP contribution in [0.25, 0.3) is 11.0 Å². The Morgan fingerprint density at radius 2 is 2.12 bits per heavy atom. The zero-order valence-electron chi connectivity index (χ0n) is 14.5. The number of carbonyl (C=O) groups is 1. The molecule has 1 aromatic heterocycles. The summed E-state index contributed by atoms with van der Waals surface area (Å²) in [6.45, 7) is 7.14. The molecule has 2 N–H and O–H groups in total. The van der Waals surface area contributed by atoms with Gasteiger partial charge in [0.15, 0.2) is 0 Å². The molecule has 24 heavy (non-hydrogen) atoms. The molecule has 1 saturated heterocycles. The van der Waals surface area contributed by atoms with Gasteiger partial charge in [0.25, 0.3) is 0 Å². The minimum absolute atomic E-state index is 0. The summed E-state index contributed by atoms with van der Waals surface area (Å²) >= 11 is 0. The van der Waals surface area contributed by atoms with Crippen LogP contribution in [-0.2, 0) is 11.2 Å². The molecule has 3 rings (SSSR count). The van der Waals surface area contributed by atoms with Gasteiger partial charge in [-0.2, -0.15) is 0 Å². The predicted molar refractivity (Wildman–Crippen MR) is 99.9 cm³/mol. The van der Waals surface area contributed by atoms with Gasteiger partial charge in [0.2, 0.25) is 5.91 Å². The SMILES string of the molecule is Cc1cc2occ(CC(=O)NCCC3CCCNC3)c2cc1C.Cl. The van der Waals surface area contributed by atoms with Crippen LogP contribution < -0.4 is 10.6 Å². The maximum absolute atomic E-state index is 12.2. The van der Waals surface area contributed by atoms with Gasteiger partial charge in [0.1, 0.15) is 5.58 Å². The molecule has 0 saturated carbocycles. The minimum Gasteiger partial charge on any atom is -0.464 e. The summed E-state index contributed by atoms with van der Waals surface area (Å²) in [5.41, 5.74) is 4.28. The highest BCUT2D eigenvalue weighted by molar-refractivity contribution is 5.88. The molecule has 5 heteroatoms. The lowest BCUT2D eigenvalue weighted by Crippen LogP contribution is -2.33. The van der Waals surface area contributed by atoms with Gasteiger partial charge in [-0.25, -0.2) is 0 Å². The van der Waals surface area contributed by atoms with Gasteiger partial charge in [-0.15, -0.1) is 12.4 Å². The van der Waals surface area contributed by atoms with E-state index in [1.54, 1.807) is 6.26 Å². The first-order valence-corrected chi connectivity index (χ1v) is 8.58. The van der Waals surface area contributed by atoms with E-state index in [1.807, 2.05) is 6.07 Å². The third kappa shape index (κ3) is 4.52. The van der Waals surface area contributed by atoms with E-state index in [2.05, 4.69) is 30.5 Å². The summed E-state index contributed by atoms with van der Waals surface area (Å²) in [4.78, 5) is 12.2. The van der Waals surface area contributed by atoms with Crippen molar-refractivity contribution in [2.75, 3.05) is 19.6 Å². The van der Waals surface area contributed by atoms with E-state index in [4.69, 9.17) is 4.42 Å². The number of fused-ring (bicyclic) bond motifs is 1. The lowest BCUT2D eigenvalue weighted by atomic mass is 9.96. The summed E-state index contributed by atoms with van der Waals surface area (Å²) in [5, 5.41) is 7.52. The number of aryl methyl sites for hydroxylation is 2. The van der Waals surface area contributed by atoms with Crippen LogP contribution in [0.5, 0.6) is 0 Å². The molecule has 1 fully saturated rings. The van der Waals surface area contributed by atoms with Crippen molar-refractivity contribution in [2.45, 2.75) is 39.5 Å². The second kappa shape index (κ2) is 8.54. The summed E-state index contributed by atoms with van der Waals surface area (Å²) in [5.74, 6) is 0.777. The summed E-state index contributed by atoms with van der Waals surface area (Å²) < 4.78 is 5.60. The number of hydrogen-bond acceptors (Lipinski definition) is 3. The number of rotatable bonds is 5.